The van der Waals surface area contributed by atoms with Gasteiger partial charge in [-0.3, -0.25) is 10.6 Å². The van der Waals surface area contributed by atoms with Crippen molar-refractivity contribution < 1.29 is 45.4 Å². The van der Waals surface area contributed by atoms with Crippen molar-refractivity contribution in [1.29, 1.82) is 0 Å². The largest absolute Gasteiger partial charge is 0.474 e. The zero-order valence-electron chi connectivity index (χ0n) is 35.6. The molecule has 2 amide bonds. The van der Waals surface area contributed by atoms with E-state index in [4.69, 9.17) is 30.4 Å². The minimum atomic E-state index is -3.15. The number of rotatable bonds is 6. The summed E-state index contributed by atoms with van der Waals surface area (Å²) >= 11 is 0. The van der Waals surface area contributed by atoms with Crippen molar-refractivity contribution in [2.24, 2.45) is 0 Å². The van der Waals surface area contributed by atoms with E-state index in [1.54, 1.807) is 24.5 Å². The average molecular weight is 941 g/mol. The highest BCUT2D eigenvalue weighted by Gasteiger charge is 2.32. The standard InChI is InChI=1S/2C21H22N6O5S/c2*1-11-14(8-25-20-18(11)23-3-4-31-20)16-6-12-7-17(24-9-15(12)19(22)26-16)27-21(28)32-13-2-5-33(29,30)10-13/h2*6-9,13,23H,2-5,10H2,1H3,(H2,22,26)(H,24,27,28)/t2*13-/m10/s1. The lowest BCUT2D eigenvalue weighted by atomic mass is 10.0. The van der Waals surface area contributed by atoms with Gasteiger partial charge in [-0.2, -0.15) is 0 Å². The highest BCUT2D eigenvalue weighted by molar-refractivity contribution is 7.91. The molecule has 10 rings (SSSR count). The molecule has 6 aromatic heterocycles. The van der Waals surface area contributed by atoms with Crippen molar-refractivity contribution in [3.8, 4) is 34.3 Å². The number of ether oxygens (including phenoxy) is 4. The van der Waals surface area contributed by atoms with Crippen molar-refractivity contribution in [2.45, 2.75) is 38.9 Å². The molecule has 2 atom stereocenters. The number of aromatic nitrogens is 6. The molecule has 0 bridgehead atoms. The van der Waals surface area contributed by atoms with E-state index in [0.29, 0.717) is 95.5 Å². The molecule has 8 N–H and O–H groups in total. The van der Waals surface area contributed by atoms with Crippen molar-refractivity contribution in [2.75, 3.05) is 82.0 Å². The van der Waals surface area contributed by atoms with Crippen LogP contribution in [0.25, 0.3) is 44.1 Å². The highest BCUT2D eigenvalue weighted by atomic mass is 32.2. The predicted molar refractivity (Wildman–Crippen MR) is 246 cm³/mol. The van der Waals surface area contributed by atoms with Gasteiger partial charge in [-0.1, -0.05) is 0 Å². The Morgan fingerprint density at radius 2 is 1.08 bits per heavy atom. The molecule has 2 saturated heterocycles. The number of nitrogens with one attached hydrogen (secondary N) is 4. The summed E-state index contributed by atoms with van der Waals surface area (Å²) in [4.78, 5) is 50.6. The SMILES string of the molecule is Cc1c(-c2cc3cc(NC(=O)O[C@@H]4CCS(=O)(=O)C4)ncc3c(N)n2)cnc2c1NCCO2.Cc1c(-c2cc3cc(NC(=O)O[C@H]4CCS(=O)(=O)C4)ncc3c(N)n2)cnc2c1NCCO2. The van der Waals surface area contributed by atoms with E-state index in [2.05, 4.69) is 51.2 Å². The van der Waals surface area contributed by atoms with Gasteiger partial charge in [-0.25, -0.2) is 56.3 Å². The van der Waals surface area contributed by atoms with E-state index >= 15 is 0 Å². The van der Waals surface area contributed by atoms with Crippen LogP contribution >= 0.6 is 0 Å². The van der Waals surface area contributed by atoms with Gasteiger partial charge in [0, 0.05) is 59.8 Å². The van der Waals surface area contributed by atoms with Crippen LogP contribution in [0.1, 0.15) is 24.0 Å². The molecule has 0 saturated carbocycles. The lowest BCUT2D eigenvalue weighted by Crippen LogP contribution is -2.23. The zero-order valence-corrected chi connectivity index (χ0v) is 37.2. The quantitative estimate of drug-likeness (QED) is 0.136. The van der Waals surface area contributed by atoms with Crippen LogP contribution < -0.4 is 42.2 Å². The summed E-state index contributed by atoms with van der Waals surface area (Å²) in [6.07, 6.45) is 4.19. The van der Waals surface area contributed by atoms with Crippen LogP contribution in [0.4, 0.5) is 44.2 Å². The lowest BCUT2D eigenvalue weighted by molar-refractivity contribution is 0.123. The van der Waals surface area contributed by atoms with Crippen LogP contribution in [-0.4, -0.2) is 120 Å². The number of amides is 2. The fourth-order valence-corrected chi connectivity index (χ4v) is 11.2. The zero-order chi connectivity index (χ0) is 46.3. The smallest absolute Gasteiger partial charge is 0.413 e. The predicted octanol–water partition coefficient (Wildman–Crippen LogP) is 4.24. The van der Waals surface area contributed by atoms with Crippen molar-refractivity contribution >= 4 is 88.1 Å². The maximum absolute atomic E-state index is 12.2. The Morgan fingerprint density at radius 1 is 0.652 bits per heavy atom. The van der Waals surface area contributed by atoms with Crippen LogP contribution in [0, 0.1) is 13.8 Å². The minimum Gasteiger partial charge on any atom is -0.474 e. The van der Waals surface area contributed by atoms with Gasteiger partial charge in [0.2, 0.25) is 11.8 Å². The number of nitrogens with two attached hydrogens (primary N) is 2. The van der Waals surface area contributed by atoms with Crippen LogP contribution in [0.15, 0.2) is 49.1 Å². The summed E-state index contributed by atoms with van der Waals surface area (Å²) < 4.78 is 67.8. The van der Waals surface area contributed by atoms with Crippen molar-refractivity contribution in [1.82, 2.24) is 29.9 Å². The molecule has 0 radical (unpaired) electrons. The summed E-state index contributed by atoms with van der Waals surface area (Å²) in [5.74, 6) is 1.92. The van der Waals surface area contributed by atoms with Gasteiger partial charge in [0.05, 0.1) is 34.4 Å². The Bertz CT molecular complexity index is 2970. The first-order valence-electron chi connectivity index (χ1n) is 20.8. The number of hydrogen-bond donors (Lipinski definition) is 6. The summed E-state index contributed by atoms with van der Waals surface area (Å²) in [5.41, 5.74) is 18.7. The van der Waals surface area contributed by atoms with Gasteiger partial charge in [0.1, 0.15) is 60.1 Å². The van der Waals surface area contributed by atoms with Gasteiger partial charge in [0.15, 0.2) is 19.7 Å². The number of fused-ring (bicyclic) bond motifs is 4. The second-order valence-electron chi connectivity index (χ2n) is 16.0. The number of nitrogens with zero attached hydrogens (tertiary/aromatic N) is 6. The molecule has 66 heavy (non-hydrogen) atoms. The highest BCUT2D eigenvalue weighted by Crippen LogP contribution is 2.38. The molecule has 0 aliphatic carbocycles. The third kappa shape index (κ3) is 9.40. The third-order valence-corrected chi connectivity index (χ3v) is 14.8. The Kier molecular flexibility index (Phi) is 11.7. The number of pyridine rings is 6. The number of carbonyl (C=O) groups is 2. The molecule has 4 aliphatic heterocycles. The molecular weight excluding hydrogens is 897 g/mol. The van der Waals surface area contributed by atoms with E-state index in [0.717, 1.165) is 33.6 Å². The summed E-state index contributed by atoms with van der Waals surface area (Å²) in [5, 5.41) is 14.4. The number of hydrogen-bond acceptors (Lipinski definition) is 20. The first-order valence-corrected chi connectivity index (χ1v) is 24.4. The second-order valence-corrected chi connectivity index (χ2v) is 20.4. The maximum Gasteiger partial charge on any atom is 0.413 e. The van der Waals surface area contributed by atoms with Crippen LogP contribution in [0.2, 0.25) is 0 Å². The molecule has 0 aromatic carbocycles. The fourth-order valence-electron chi connectivity index (χ4n) is 8.00. The summed E-state index contributed by atoms with van der Waals surface area (Å²) in [6.45, 7) is 6.41. The van der Waals surface area contributed by atoms with Gasteiger partial charge in [0.25, 0.3) is 0 Å². The molecule has 10 heterocycles. The Morgan fingerprint density at radius 3 is 1.47 bits per heavy atom. The van der Waals surface area contributed by atoms with Crippen molar-refractivity contribution in [3.05, 3.63) is 60.2 Å². The van der Waals surface area contributed by atoms with Crippen LogP contribution in [0.3, 0.4) is 0 Å². The van der Waals surface area contributed by atoms with Crippen LogP contribution in [-0.2, 0) is 29.1 Å². The van der Waals surface area contributed by atoms with E-state index in [-0.39, 0.29) is 34.6 Å². The Labute approximate surface area is 377 Å². The second kappa shape index (κ2) is 17.6. The molecule has 6 aromatic rings. The average Bonchev–Trinajstić information content (AvgIpc) is 3.81. The maximum atomic E-state index is 12.2. The van der Waals surface area contributed by atoms with Gasteiger partial charge < -0.3 is 41.0 Å². The topological polar surface area (TPSA) is 317 Å². The van der Waals surface area contributed by atoms with E-state index in [9.17, 15) is 26.4 Å². The van der Waals surface area contributed by atoms with Gasteiger partial charge >= 0.3 is 12.2 Å². The Hall–Kier alpha value is -7.34. The lowest BCUT2D eigenvalue weighted by Gasteiger charge is -2.21. The molecular formula is C42H44N12O10S2. The van der Waals surface area contributed by atoms with Crippen LogP contribution in [0.5, 0.6) is 11.8 Å². The molecule has 344 valence electrons. The molecule has 22 nitrogen and oxygen atoms in total. The fraction of sp³-hybridized carbons (Fsp3) is 0.333. The molecule has 24 heteroatoms. The number of anilines is 6. The molecule has 0 unspecified atom stereocenters. The van der Waals surface area contributed by atoms with E-state index < -0.39 is 44.1 Å². The number of sulfone groups is 2. The first kappa shape index (κ1) is 43.9. The molecule has 2 fully saturated rings. The van der Waals surface area contributed by atoms with E-state index in [1.165, 1.54) is 12.4 Å². The first-order chi connectivity index (χ1) is 31.6. The normalized spacial score (nSPS) is 18.8. The van der Waals surface area contributed by atoms with Gasteiger partial charge in [-0.15, -0.1) is 0 Å². The molecule has 0 spiro atoms. The van der Waals surface area contributed by atoms with E-state index in [1.807, 2.05) is 26.0 Å². The minimum absolute atomic E-state index is 0.0207. The number of nitrogen functional groups attached to an aromatic ring is 2. The van der Waals surface area contributed by atoms with Gasteiger partial charge in [-0.05, 0) is 72.9 Å². The molecule has 4 aliphatic rings. The number of carbonyl (C=O) groups excluding carboxylic acids is 2. The van der Waals surface area contributed by atoms with Crippen molar-refractivity contribution in [3.63, 3.8) is 0 Å². The Balaban J connectivity index is 0.000000166. The summed E-state index contributed by atoms with van der Waals surface area (Å²) in [7, 11) is -6.29. The summed E-state index contributed by atoms with van der Waals surface area (Å²) in [6, 6.07) is 7.00. The third-order valence-electron chi connectivity index (χ3n) is 11.3. The monoisotopic (exact) mass is 940 g/mol.